The van der Waals surface area contributed by atoms with Crippen LogP contribution >= 0.6 is 11.6 Å². The fraction of sp³-hybridized carbons (Fsp3) is 0.310. The topological polar surface area (TPSA) is 110 Å². The highest BCUT2D eigenvalue weighted by molar-refractivity contribution is 6.30. The zero-order valence-electron chi connectivity index (χ0n) is 23.1. The third kappa shape index (κ3) is 7.10. The second-order valence-corrected chi connectivity index (χ2v) is 10.6. The number of carbonyl (C=O) groups excluding carboxylic acids is 2. The van der Waals surface area contributed by atoms with Crippen molar-refractivity contribution in [3.63, 3.8) is 0 Å². The number of alkyl carbamates (subject to hydrolysis) is 1. The number of hydrogen-bond acceptors (Lipinski definition) is 6. The zero-order valence-corrected chi connectivity index (χ0v) is 23.9. The van der Waals surface area contributed by atoms with Gasteiger partial charge in [0.05, 0.1) is 16.9 Å². The van der Waals surface area contributed by atoms with Crippen LogP contribution in [0.3, 0.4) is 0 Å². The van der Waals surface area contributed by atoms with E-state index in [0.29, 0.717) is 54.3 Å². The number of anilines is 2. The van der Waals surface area contributed by atoms with Crippen LogP contribution in [-0.4, -0.2) is 45.1 Å². The molecule has 0 bridgehead atoms. The van der Waals surface area contributed by atoms with Crippen molar-refractivity contribution >= 4 is 40.8 Å². The van der Waals surface area contributed by atoms with E-state index in [-0.39, 0.29) is 16.5 Å². The maximum absolute atomic E-state index is 14.6. The van der Waals surface area contributed by atoms with E-state index in [1.165, 1.54) is 24.5 Å². The van der Waals surface area contributed by atoms with Crippen LogP contribution in [0.1, 0.15) is 50.0 Å². The maximum atomic E-state index is 14.6. The fourth-order valence-electron chi connectivity index (χ4n) is 4.14. The van der Waals surface area contributed by atoms with Crippen LogP contribution < -0.4 is 16.0 Å². The molecule has 4 aromatic rings. The van der Waals surface area contributed by atoms with Crippen LogP contribution in [0.4, 0.5) is 25.1 Å². The third-order valence-corrected chi connectivity index (χ3v) is 6.33. The van der Waals surface area contributed by atoms with Gasteiger partial charge < -0.3 is 20.7 Å². The first-order chi connectivity index (χ1) is 19.5. The predicted molar refractivity (Wildman–Crippen MR) is 154 cm³/mol. The van der Waals surface area contributed by atoms with Crippen molar-refractivity contribution < 1.29 is 23.1 Å². The van der Waals surface area contributed by atoms with Gasteiger partial charge in [0.2, 0.25) is 0 Å². The number of imidazole rings is 1. The number of nitrogens with zero attached hydrogens (tertiary/aromatic N) is 3. The van der Waals surface area contributed by atoms with E-state index in [4.69, 9.17) is 16.3 Å². The summed E-state index contributed by atoms with van der Waals surface area (Å²) < 4.78 is 35.5. The van der Waals surface area contributed by atoms with E-state index in [1.807, 2.05) is 13.0 Å². The lowest BCUT2D eigenvalue weighted by Crippen LogP contribution is -2.34. The number of carbonyl (C=O) groups is 2. The van der Waals surface area contributed by atoms with Crippen molar-refractivity contribution in [2.75, 3.05) is 18.4 Å². The molecular weight excluding hydrogens is 554 g/mol. The first-order valence-corrected chi connectivity index (χ1v) is 13.5. The largest absolute Gasteiger partial charge is 0.444 e. The molecule has 41 heavy (non-hydrogen) atoms. The van der Waals surface area contributed by atoms with Crippen molar-refractivity contribution in [3.05, 3.63) is 76.7 Å². The Labute approximate surface area is 241 Å². The quantitative estimate of drug-likeness (QED) is 0.158. The van der Waals surface area contributed by atoms with Gasteiger partial charge in [0.1, 0.15) is 5.60 Å². The highest BCUT2D eigenvalue weighted by Gasteiger charge is 2.19. The second kappa shape index (κ2) is 12.5. The van der Waals surface area contributed by atoms with Gasteiger partial charge in [0.15, 0.2) is 23.1 Å². The Morgan fingerprint density at radius 3 is 2.54 bits per heavy atom. The number of ether oxygens (including phenoxy) is 1. The molecule has 3 N–H and O–H groups in total. The number of benzene rings is 2. The van der Waals surface area contributed by atoms with Gasteiger partial charge in [0.25, 0.3) is 5.91 Å². The molecule has 0 radical (unpaired) electrons. The number of hydrogen-bond donors (Lipinski definition) is 3. The molecule has 0 aliphatic carbocycles. The number of amides is 2. The van der Waals surface area contributed by atoms with Crippen LogP contribution in [0.15, 0.2) is 48.9 Å². The lowest BCUT2D eigenvalue weighted by Gasteiger charge is -2.19. The van der Waals surface area contributed by atoms with E-state index in [2.05, 4.69) is 25.9 Å². The molecule has 0 saturated carbocycles. The summed E-state index contributed by atoms with van der Waals surface area (Å²) in [4.78, 5) is 33.3. The summed E-state index contributed by atoms with van der Waals surface area (Å²) in [5.41, 5.74) is 2.20. The SMILES string of the molecule is CCc1cc(Nc2nccn3c(-c4ccc(Cl)c(F)c4F)cnc23)ccc1C(=O)NCCCNC(=O)OC(C)(C)C. The Hall–Kier alpha value is -4.25. The molecule has 0 unspecified atom stereocenters. The normalized spacial score (nSPS) is 11.4. The van der Waals surface area contributed by atoms with Crippen molar-refractivity contribution in [1.82, 2.24) is 25.0 Å². The number of halogens is 3. The molecule has 0 spiro atoms. The standard InChI is InChI=1S/C29H31ClF2N6O3/c1-5-17-15-18(7-8-19(17)27(39)34-11-6-12-35-28(40)41-29(2,3)4)37-25-26-36-16-22(38(26)14-13-33-25)20-9-10-21(30)24(32)23(20)31/h7-10,13-16H,5-6,11-12H2,1-4H3,(H,33,37)(H,34,39)(H,35,40). The van der Waals surface area contributed by atoms with Gasteiger partial charge in [-0.1, -0.05) is 18.5 Å². The summed E-state index contributed by atoms with van der Waals surface area (Å²) in [5, 5.41) is 8.44. The van der Waals surface area contributed by atoms with Crippen molar-refractivity contribution in [2.24, 2.45) is 0 Å². The first-order valence-electron chi connectivity index (χ1n) is 13.1. The van der Waals surface area contributed by atoms with Crippen LogP contribution in [0.2, 0.25) is 5.02 Å². The van der Waals surface area contributed by atoms with Crippen LogP contribution in [0.25, 0.3) is 16.9 Å². The minimum Gasteiger partial charge on any atom is -0.444 e. The fourth-order valence-corrected chi connectivity index (χ4v) is 4.29. The molecule has 2 amide bonds. The van der Waals surface area contributed by atoms with Crippen molar-refractivity contribution in [3.8, 4) is 11.3 Å². The molecule has 216 valence electrons. The molecule has 0 atom stereocenters. The zero-order chi connectivity index (χ0) is 29.7. The monoisotopic (exact) mass is 584 g/mol. The first kappa shape index (κ1) is 29.7. The van der Waals surface area contributed by atoms with E-state index >= 15 is 0 Å². The molecule has 2 heterocycles. The molecule has 0 aliphatic rings. The minimum absolute atomic E-state index is 0.0146. The number of fused-ring (bicyclic) bond motifs is 1. The van der Waals surface area contributed by atoms with Crippen LogP contribution in [-0.2, 0) is 11.2 Å². The van der Waals surface area contributed by atoms with E-state index in [0.717, 1.165) is 5.56 Å². The van der Waals surface area contributed by atoms with Gasteiger partial charge in [-0.05, 0) is 69.5 Å². The number of aromatic nitrogens is 3. The number of aryl methyl sites for hydroxylation is 1. The average molecular weight is 585 g/mol. The molecule has 0 aliphatic heterocycles. The molecule has 0 fully saturated rings. The Bertz CT molecular complexity index is 1590. The highest BCUT2D eigenvalue weighted by atomic mass is 35.5. The van der Waals surface area contributed by atoms with Gasteiger partial charge in [-0.25, -0.2) is 23.5 Å². The molecule has 2 aromatic carbocycles. The Morgan fingerprint density at radius 2 is 1.80 bits per heavy atom. The molecule has 4 rings (SSSR count). The summed E-state index contributed by atoms with van der Waals surface area (Å²) in [7, 11) is 0. The van der Waals surface area contributed by atoms with Gasteiger partial charge >= 0.3 is 6.09 Å². The van der Waals surface area contributed by atoms with Crippen LogP contribution in [0.5, 0.6) is 0 Å². The second-order valence-electron chi connectivity index (χ2n) is 10.2. The van der Waals surface area contributed by atoms with Crippen molar-refractivity contribution in [2.45, 2.75) is 46.1 Å². The number of rotatable bonds is 9. The van der Waals surface area contributed by atoms with Crippen LogP contribution in [0, 0.1) is 11.6 Å². The van der Waals surface area contributed by atoms with Gasteiger partial charge in [0, 0.05) is 42.3 Å². The highest BCUT2D eigenvalue weighted by Crippen LogP contribution is 2.31. The molecule has 12 heteroatoms. The van der Waals surface area contributed by atoms with Crippen molar-refractivity contribution in [1.29, 1.82) is 0 Å². The molecule has 0 saturated heterocycles. The minimum atomic E-state index is -1.12. The summed E-state index contributed by atoms with van der Waals surface area (Å²) in [6, 6.07) is 8.01. The summed E-state index contributed by atoms with van der Waals surface area (Å²) >= 11 is 5.70. The van der Waals surface area contributed by atoms with Gasteiger partial charge in [-0.3, -0.25) is 9.20 Å². The van der Waals surface area contributed by atoms with Gasteiger partial charge in [-0.2, -0.15) is 0 Å². The summed E-state index contributed by atoms with van der Waals surface area (Å²) in [6.07, 6.45) is 5.20. The lowest BCUT2D eigenvalue weighted by molar-refractivity contribution is 0.0527. The average Bonchev–Trinajstić information content (AvgIpc) is 3.35. The predicted octanol–water partition coefficient (Wildman–Crippen LogP) is 6.28. The van der Waals surface area contributed by atoms with Gasteiger partial charge in [-0.15, -0.1) is 0 Å². The van der Waals surface area contributed by atoms with E-state index in [9.17, 15) is 18.4 Å². The summed E-state index contributed by atoms with van der Waals surface area (Å²) in [5.74, 6) is -2.02. The van der Waals surface area contributed by atoms with E-state index in [1.54, 1.807) is 43.5 Å². The molecule has 9 nitrogen and oxygen atoms in total. The van der Waals surface area contributed by atoms with E-state index < -0.39 is 23.3 Å². The summed E-state index contributed by atoms with van der Waals surface area (Å²) in [6.45, 7) is 8.06. The maximum Gasteiger partial charge on any atom is 0.407 e. The smallest absolute Gasteiger partial charge is 0.407 e. The Morgan fingerprint density at radius 1 is 1.05 bits per heavy atom. The lowest BCUT2D eigenvalue weighted by atomic mass is 10.0. The third-order valence-electron chi connectivity index (χ3n) is 6.04. The Kier molecular flexibility index (Phi) is 9.07. The Balaban J connectivity index is 1.43. The number of nitrogens with one attached hydrogen (secondary N) is 3. The molecule has 2 aromatic heterocycles. The molecular formula is C29H31ClF2N6O3.